The molecule has 0 saturated carbocycles. The minimum absolute atomic E-state index is 0.178. The summed E-state index contributed by atoms with van der Waals surface area (Å²) in [6, 6.07) is 7.43. The molecule has 0 bridgehead atoms. The third kappa shape index (κ3) is 3.68. The van der Waals surface area contributed by atoms with Crippen molar-refractivity contribution in [3.05, 3.63) is 57.3 Å². The Balaban J connectivity index is 2.12. The Labute approximate surface area is 117 Å². The summed E-state index contributed by atoms with van der Waals surface area (Å²) >= 11 is 0. The van der Waals surface area contributed by atoms with E-state index in [1.165, 1.54) is 11.6 Å². The van der Waals surface area contributed by atoms with Crippen LogP contribution < -0.4 is 16.0 Å². The van der Waals surface area contributed by atoms with Crippen molar-refractivity contribution in [1.29, 1.82) is 0 Å². The summed E-state index contributed by atoms with van der Waals surface area (Å²) in [5.74, 6) is 1.31. The zero-order chi connectivity index (χ0) is 14.5. The average molecular weight is 273 g/mol. The first-order valence-electron chi connectivity index (χ1n) is 6.57. The first-order valence-corrected chi connectivity index (χ1v) is 6.57. The highest BCUT2D eigenvalue weighted by Gasteiger charge is 2.04. The molecular formula is C15H19N3O2. The third-order valence-corrected chi connectivity index (χ3v) is 2.94. The van der Waals surface area contributed by atoms with Gasteiger partial charge in [0.1, 0.15) is 18.2 Å². The summed E-state index contributed by atoms with van der Waals surface area (Å²) < 4.78 is 5.70. The quantitative estimate of drug-likeness (QED) is 0.864. The average Bonchev–Trinajstić information content (AvgIpc) is 2.37. The molecule has 0 spiro atoms. The molecule has 2 aromatic rings. The molecule has 2 rings (SSSR count). The first kappa shape index (κ1) is 14.3. The fourth-order valence-electron chi connectivity index (χ4n) is 2.01. The number of aromatic nitrogens is 2. The van der Waals surface area contributed by atoms with Crippen molar-refractivity contribution in [2.24, 2.45) is 5.73 Å². The van der Waals surface area contributed by atoms with E-state index in [9.17, 15) is 4.79 Å². The summed E-state index contributed by atoms with van der Waals surface area (Å²) in [4.78, 5) is 18.5. The van der Waals surface area contributed by atoms with E-state index in [-0.39, 0.29) is 12.2 Å². The van der Waals surface area contributed by atoms with Gasteiger partial charge >= 0.3 is 0 Å². The third-order valence-electron chi connectivity index (χ3n) is 2.94. The normalized spacial score (nSPS) is 10.6. The van der Waals surface area contributed by atoms with Crippen LogP contribution in [0.1, 0.15) is 22.6 Å². The van der Waals surface area contributed by atoms with E-state index < -0.39 is 0 Å². The lowest BCUT2D eigenvalue weighted by Gasteiger charge is -2.09. The van der Waals surface area contributed by atoms with Gasteiger partial charge in [0.2, 0.25) is 0 Å². The molecule has 1 aromatic heterocycles. The van der Waals surface area contributed by atoms with E-state index >= 15 is 0 Å². The number of nitrogens with zero attached hydrogens (tertiary/aromatic N) is 1. The van der Waals surface area contributed by atoms with Crippen LogP contribution in [0, 0.1) is 13.8 Å². The summed E-state index contributed by atoms with van der Waals surface area (Å²) in [6.45, 7) is 4.72. The second-order valence-corrected chi connectivity index (χ2v) is 4.78. The summed E-state index contributed by atoms with van der Waals surface area (Å²) in [7, 11) is 0. The fourth-order valence-corrected chi connectivity index (χ4v) is 2.01. The van der Waals surface area contributed by atoms with E-state index in [4.69, 9.17) is 10.5 Å². The maximum atomic E-state index is 11.5. The predicted molar refractivity (Wildman–Crippen MR) is 77.9 cm³/mol. The number of nitrogens with one attached hydrogen (secondary N) is 1. The Morgan fingerprint density at radius 1 is 1.30 bits per heavy atom. The number of rotatable bonds is 5. The lowest BCUT2D eigenvalue weighted by Crippen LogP contribution is -2.16. The van der Waals surface area contributed by atoms with Gasteiger partial charge in [0.25, 0.3) is 5.56 Å². The van der Waals surface area contributed by atoms with Gasteiger partial charge in [0.05, 0.1) is 0 Å². The Hall–Kier alpha value is -2.14. The monoisotopic (exact) mass is 273 g/mol. The number of hydrogen-bond donors (Lipinski definition) is 2. The summed E-state index contributed by atoms with van der Waals surface area (Å²) in [5, 5.41) is 0. The standard InChI is InChI=1S/C15H19N3O2/c1-10-3-4-13(11(2)7-10)20-9-14-17-12(5-6-16)8-15(19)18-14/h3-4,7-8H,5-6,9,16H2,1-2H3,(H,17,18,19). The highest BCUT2D eigenvalue weighted by atomic mass is 16.5. The minimum Gasteiger partial charge on any atom is -0.485 e. The molecule has 0 saturated heterocycles. The number of H-pyrrole nitrogens is 1. The first-order chi connectivity index (χ1) is 9.58. The van der Waals surface area contributed by atoms with Crippen molar-refractivity contribution in [3.63, 3.8) is 0 Å². The van der Waals surface area contributed by atoms with Crippen LogP contribution in [0.4, 0.5) is 0 Å². The molecule has 5 nitrogen and oxygen atoms in total. The second-order valence-electron chi connectivity index (χ2n) is 4.78. The number of benzene rings is 1. The Bertz CT molecular complexity index is 650. The van der Waals surface area contributed by atoms with Gasteiger partial charge < -0.3 is 15.5 Å². The van der Waals surface area contributed by atoms with Crippen LogP contribution in [0.15, 0.2) is 29.1 Å². The highest BCUT2D eigenvalue weighted by Crippen LogP contribution is 2.19. The molecule has 106 valence electrons. The van der Waals surface area contributed by atoms with E-state index in [1.807, 2.05) is 26.0 Å². The van der Waals surface area contributed by atoms with Crippen LogP contribution in [0.25, 0.3) is 0 Å². The van der Waals surface area contributed by atoms with Gasteiger partial charge in [-0.1, -0.05) is 17.7 Å². The maximum absolute atomic E-state index is 11.5. The van der Waals surface area contributed by atoms with E-state index in [0.717, 1.165) is 11.3 Å². The zero-order valence-corrected chi connectivity index (χ0v) is 11.8. The molecule has 3 N–H and O–H groups in total. The molecule has 0 radical (unpaired) electrons. The molecule has 1 aromatic carbocycles. The molecule has 0 fully saturated rings. The number of nitrogens with two attached hydrogens (primary N) is 1. The number of hydrogen-bond acceptors (Lipinski definition) is 4. The van der Waals surface area contributed by atoms with Crippen molar-refractivity contribution in [2.75, 3.05) is 6.54 Å². The zero-order valence-electron chi connectivity index (χ0n) is 11.8. The van der Waals surface area contributed by atoms with Gasteiger partial charge in [0, 0.05) is 18.2 Å². The minimum atomic E-state index is -0.178. The smallest absolute Gasteiger partial charge is 0.251 e. The second kappa shape index (κ2) is 6.34. The molecule has 5 heteroatoms. The molecule has 1 heterocycles. The van der Waals surface area contributed by atoms with Crippen LogP contribution in [-0.2, 0) is 13.0 Å². The van der Waals surface area contributed by atoms with Crippen LogP contribution in [-0.4, -0.2) is 16.5 Å². The van der Waals surface area contributed by atoms with Gasteiger partial charge in [-0.15, -0.1) is 0 Å². The Kier molecular flexibility index (Phi) is 4.53. The predicted octanol–water partition coefficient (Wildman–Crippen LogP) is 1.47. The van der Waals surface area contributed by atoms with E-state index in [2.05, 4.69) is 16.0 Å². The largest absolute Gasteiger partial charge is 0.485 e. The van der Waals surface area contributed by atoms with Crippen LogP contribution in [0.2, 0.25) is 0 Å². The number of ether oxygens (including phenoxy) is 1. The van der Waals surface area contributed by atoms with E-state index in [0.29, 0.717) is 24.5 Å². The van der Waals surface area contributed by atoms with Gasteiger partial charge in [-0.3, -0.25) is 4.79 Å². The highest BCUT2D eigenvalue weighted by molar-refractivity contribution is 5.35. The lowest BCUT2D eigenvalue weighted by molar-refractivity contribution is 0.293. The van der Waals surface area contributed by atoms with Gasteiger partial charge in [-0.05, 0) is 32.0 Å². The number of aromatic amines is 1. The maximum Gasteiger partial charge on any atom is 0.251 e. The molecule has 0 unspecified atom stereocenters. The van der Waals surface area contributed by atoms with Gasteiger partial charge in [0.15, 0.2) is 0 Å². The van der Waals surface area contributed by atoms with E-state index in [1.54, 1.807) is 0 Å². The molecular weight excluding hydrogens is 254 g/mol. The van der Waals surface area contributed by atoms with Crippen molar-refractivity contribution in [3.8, 4) is 5.75 Å². The summed E-state index contributed by atoms with van der Waals surface area (Å²) in [6.07, 6.45) is 0.584. The molecule has 0 atom stereocenters. The molecule has 0 aliphatic heterocycles. The van der Waals surface area contributed by atoms with Crippen molar-refractivity contribution in [2.45, 2.75) is 26.9 Å². The lowest BCUT2D eigenvalue weighted by atomic mass is 10.1. The molecule has 0 amide bonds. The molecule has 20 heavy (non-hydrogen) atoms. The molecule has 0 aliphatic carbocycles. The molecule has 0 aliphatic rings. The number of aryl methyl sites for hydroxylation is 2. The summed E-state index contributed by atoms with van der Waals surface area (Å²) in [5.41, 5.74) is 8.24. The van der Waals surface area contributed by atoms with Gasteiger partial charge in [-0.2, -0.15) is 0 Å². The SMILES string of the molecule is Cc1ccc(OCc2nc(CCN)cc(=O)[nH]2)c(C)c1. The Morgan fingerprint density at radius 2 is 2.10 bits per heavy atom. The van der Waals surface area contributed by atoms with Crippen molar-refractivity contribution in [1.82, 2.24) is 9.97 Å². The van der Waals surface area contributed by atoms with Crippen molar-refractivity contribution < 1.29 is 4.74 Å². The van der Waals surface area contributed by atoms with Crippen molar-refractivity contribution >= 4 is 0 Å². The van der Waals surface area contributed by atoms with Crippen LogP contribution in [0.3, 0.4) is 0 Å². The van der Waals surface area contributed by atoms with Crippen LogP contribution in [0.5, 0.6) is 5.75 Å². The fraction of sp³-hybridized carbons (Fsp3) is 0.333. The van der Waals surface area contributed by atoms with Crippen LogP contribution >= 0.6 is 0 Å². The topological polar surface area (TPSA) is 81.0 Å². The van der Waals surface area contributed by atoms with Gasteiger partial charge in [-0.25, -0.2) is 4.98 Å². The Morgan fingerprint density at radius 3 is 2.80 bits per heavy atom.